The van der Waals surface area contributed by atoms with Gasteiger partial charge in [0.1, 0.15) is 17.9 Å². The molecule has 8 atom stereocenters. The largest absolute Gasteiger partial charge is 0.847 e. The second-order valence-corrected chi connectivity index (χ2v) is 12.1. The Balaban J connectivity index is 1.41. The summed E-state index contributed by atoms with van der Waals surface area (Å²) in [7, 11) is -4.24. The minimum absolute atomic E-state index is 0.0345. The number of esters is 1. The molecule has 5 rings (SSSR count). The zero-order chi connectivity index (χ0) is 28.2. The van der Waals surface area contributed by atoms with Crippen LogP contribution in [0.2, 0.25) is 0 Å². The molecule has 0 bridgehead atoms. The van der Waals surface area contributed by atoms with Gasteiger partial charge in [-0.2, -0.15) is 5.09 Å². The van der Waals surface area contributed by atoms with Gasteiger partial charge in [0.15, 0.2) is 6.23 Å². The van der Waals surface area contributed by atoms with E-state index in [-0.39, 0.29) is 18.8 Å². The molecule has 0 radical (unpaired) electrons. The summed E-state index contributed by atoms with van der Waals surface area (Å²) >= 11 is 0. The Kier molecular flexibility index (Phi) is 7.11. The number of benzene rings is 1. The fraction of sp³-hybridized carbons (Fsp3) is 0.560. The van der Waals surface area contributed by atoms with Crippen LogP contribution < -0.4 is 26.0 Å². The summed E-state index contributed by atoms with van der Waals surface area (Å²) in [4.78, 5) is 38.7. The minimum atomic E-state index is -4.24. The summed E-state index contributed by atoms with van der Waals surface area (Å²) in [6, 6.07) is 8.38. The third-order valence-corrected chi connectivity index (χ3v) is 8.94. The molecule has 2 N–H and O–H groups in total. The third kappa shape index (κ3) is 4.99. The number of carbonyl (C=O) groups excluding carboxylic acids is 1. The monoisotopic (exact) mass is 564 g/mol. The molecule has 0 spiro atoms. The van der Waals surface area contributed by atoms with Gasteiger partial charge in [0.25, 0.3) is 5.56 Å². The van der Waals surface area contributed by atoms with Crippen molar-refractivity contribution < 1.29 is 37.7 Å². The van der Waals surface area contributed by atoms with E-state index in [1.807, 2.05) is 0 Å². The van der Waals surface area contributed by atoms with Gasteiger partial charge < -0.3 is 23.8 Å². The quantitative estimate of drug-likeness (QED) is 0.310. The zero-order valence-electron chi connectivity index (χ0n) is 21.9. The first kappa shape index (κ1) is 27.8. The van der Waals surface area contributed by atoms with Crippen molar-refractivity contribution in [2.75, 3.05) is 6.61 Å². The van der Waals surface area contributed by atoms with Crippen LogP contribution in [0.4, 0.5) is 0 Å². The van der Waals surface area contributed by atoms with E-state index in [0.717, 1.165) is 4.57 Å². The lowest BCUT2D eigenvalue weighted by molar-refractivity contribution is -0.537. The highest BCUT2D eigenvalue weighted by Gasteiger charge is 2.74. The molecular formula is C25H31N3O10P-. The maximum atomic E-state index is 14.0. The maximum Gasteiger partial charge on any atom is 0.459 e. The van der Waals surface area contributed by atoms with Gasteiger partial charge in [0, 0.05) is 24.3 Å². The number of aromatic amines is 1. The molecule has 39 heavy (non-hydrogen) atoms. The standard InChI is InChI=1S/C25H31N3O10P/c1-14(2)35-22(30)15(3)27-39(33,38-17-8-6-5-7-9-17)34-13-24-12-25(32)16(4)36-19(20(24)25)21(37-24)28-11-10-18(29)26-23(28)31/h5-11,14-16,19-21H,12-13H2,1-4H3,(H,27,33)(H,26,29,31)/q-1/t15-,16+,19?,20?,21+,24+,25?,39-/m0/s1. The highest BCUT2D eigenvalue weighted by atomic mass is 31.2. The van der Waals surface area contributed by atoms with E-state index in [4.69, 9.17) is 23.3 Å². The fourth-order valence-electron chi connectivity index (χ4n) is 5.61. The van der Waals surface area contributed by atoms with E-state index < -0.39 is 72.7 Å². The van der Waals surface area contributed by atoms with Crippen molar-refractivity contribution in [3.8, 4) is 5.75 Å². The summed E-state index contributed by atoms with van der Waals surface area (Å²) < 4.78 is 44.1. The van der Waals surface area contributed by atoms with Crippen LogP contribution in [-0.2, 0) is 28.1 Å². The highest BCUT2D eigenvalue weighted by molar-refractivity contribution is 7.52. The van der Waals surface area contributed by atoms with Crippen LogP contribution in [0.25, 0.3) is 0 Å². The van der Waals surface area contributed by atoms with Gasteiger partial charge in [-0.3, -0.25) is 23.7 Å². The van der Waals surface area contributed by atoms with Crippen molar-refractivity contribution in [3.63, 3.8) is 0 Å². The van der Waals surface area contributed by atoms with Gasteiger partial charge in [-0.25, -0.2) is 9.36 Å². The number of aromatic nitrogens is 2. The predicted molar refractivity (Wildman–Crippen MR) is 134 cm³/mol. The average molecular weight is 565 g/mol. The number of ether oxygens (including phenoxy) is 3. The number of hydrogen-bond donors (Lipinski definition) is 2. The lowest BCUT2D eigenvalue weighted by Crippen LogP contribution is -2.74. The number of H-pyrrole nitrogens is 1. The fourth-order valence-corrected chi connectivity index (χ4v) is 7.15. The summed E-state index contributed by atoms with van der Waals surface area (Å²) in [5, 5.41) is 16.3. The molecule has 1 saturated carbocycles. The van der Waals surface area contributed by atoms with E-state index >= 15 is 0 Å². The molecule has 0 amide bonds. The first-order valence-corrected chi connectivity index (χ1v) is 14.2. The Morgan fingerprint density at radius 2 is 1.97 bits per heavy atom. The van der Waals surface area contributed by atoms with Crippen molar-refractivity contribution in [2.45, 2.75) is 75.9 Å². The number of nitrogens with zero attached hydrogens (tertiary/aromatic N) is 1. The van der Waals surface area contributed by atoms with Crippen molar-refractivity contribution in [2.24, 2.45) is 5.92 Å². The maximum absolute atomic E-state index is 14.0. The van der Waals surface area contributed by atoms with Crippen LogP contribution in [-0.4, -0.2) is 57.7 Å². The number of hydrogen-bond acceptors (Lipinski definition) is 10. The van der Waals surface area contributed by atoms with E-state index in [1.165, 1.54) is 19.2 Å². The Morgan fingerprint density at radius 1 is 1.26 bits per heavy atom. The minimum Gasteiger partial charge on any atom is -0.847 e. The second-order valence-electron chi connectivity index (χ2n) is 10.5. The Morgan fingerprint density at radius 3 is 2.64 bits per heavy atom. The average Bonchev–Trinajstić information content (AvgIpc) is 3.23. The molecule has 13 nitrogen and oxygen atoms in total. The lowest BCUT2D eigenvalue weighted by atomic mass is 9.57. The van der Waals surface area contributed by atoms with Crippen molar-refractivity contribution >= 4 is 13.7 Å². The SMILES string of the molecule is CC(C)OC(=O)[C@H](C)N[P@](=O)(OC[C@]12CC3([O-])C1C(O[C@@H]3C)[C@H](n1ccc(=O)[nH]c1=O)O2)Oc1ccccc1. The molecule has 212 valence electrons. The van der Waals surface area contributed by atoms with Gasteiger partial charge in [-0.15, -0.1) is 0 Å². The van der Waals surface area contributed by atoms with Crippen LogP contribution in [0.1, 0.15) is 40.3 Å². The summed E-state index contributed by atoms with van der Waals surface area (Å²) in [5.41, 5.74) is -4.07. The molecule has 2 saturated heterocycles. The topological polar surface area (TPSA) is 170 Å². The molecule has 14 heteroatoms. The smallest absolute Gasteiger partial charge is 0.459 e. The second kappa shape index (κ2) is 9.99. The molecular weight excluding hydrogens is 533 g/mol. The summed E-state index contributed by atoms with van der Waals surface area (Å²) in [5.74, 6) is -1.17. The predicted octanol–water partition coefficient (Wildman–Crippen LogP) is 0.844. The van der Waals surface area contributed by atoms with Gasteiger partial charge in [0.2, 0.25) is 0 Å². The van der Waals surface area contributed by atoms with Crippen LogP contribution in [0.3, 0.4) is 0 Å². The van der Waals surface area contributed by atoms with Crippen molar-refractivity contribution in [1.82, 2.24) is 14.6 Å². The van der Waals surface area contributed by atoms with Crippen LogP contribution in [0.15, 0.2) is 52.2 Å². The Hall–Kier alpha value is -2.80. The first-order valence-electron chi connectivity index (χ1n) is 12.7. The normalized spacial score (nSPS) is 33.2. The number of carbonyl (C=O) groups is 1. The molecule has 2 aromatic rings. The van der Waals surface area contributed by atoms with Gasteiger partial charge >= 0.3 is 19.4 Å². The molecule has 3 fully saturated rings. The molecule has 3 heterocycles. The van der Waals surface area contributed by atoms with Gasteiger partial charge in [-0.05, 0) is 46.2 Å². The van der Waals surface area contributed by atoms with Crippen molar-refractivity contribution in [3.05, 3.63) is 63.4 Å². The third-order valence-electron chi connectivity index (χ3n) is 7.31. The lowest BCUT2D eigenvalue weighted by Gasteiger charge is -2.62. The van der Waals surface area contributed by atoms with E-state index in [1.54, 1.807) is 51.1 Å². The van der Waals surface area contributed by atoms with E-state index in [2.05, 4.69) is 10.1 Å². The Labute approximate surface area is 224 Å². The van der Waals surface area contributed by atoms with E-state index in [9.17, 15) is 24.1 Å². The molecule has 2 aliphatic heterocycles. The number of nitrogens with one attached hydrogen (secondary N) is 2. The van der Waals surface area contributed by atoms with Gasteiger partial charge in [0.05, 0.1) is 18.3 Å². The number of rotatable bonds is 10. The Bertz CT molecular complexity index is 1400. The van der Waals surface area contributed by atoms with Crippen LogP contribution in [0.5, 0.6) is 5.75 Å². The molecule has 3 aliphatic rings. The molecule has 3 unspecified atom stereocenters. The highest BCUT2D eigenvalue weighted by Crippen LogP contribution is 2.65. The first-order chi connectivity index (χ1) is 18.4. The van der Waals surface area contributed by atoms with E-state index in [0.29, 0.717) is 0 Å². The molecule has 1 aromatic heterocycles. The van der Waals surface area contributed by atoms with Crippen LogP contribution >= 0.6 is 7.75 Å². The van der Waals surface area contributed by atoms with Crippen molar-refractivity contribution in [1.29, 1.82) is 0 Å². The van der Waals surface area contributed by atoms with Gasteiger partial charge in [-0.1, -0.05) is 23.8 Å². The van der Waals surface area contributed by atoms with Crippen LogP contribution in [0, 0.1) is 5.92 Å². The summed E-state index contributed by atoms with van der Waals surface area (Å²) in [6.45, 7) is 6.15. The molecule has 1 aliphatic carbocycles. The number of para-hydroxylation sites is 1. The molecule has 1 aromatic carbocycles. The summed E-state index contributed by atoms with van der Waals surface area (Å²) in [6.07, 6.45) is -1.66. The zero-order valence-corrected chi connectivity index (χ0v) is 22.8.